The SMILES string of the molecule is COc1ccc(Nc2ccncc2N)cc1O. The summed E-state index contributed by atoms with van der Waals surface area (Å²) in [6, 6.07) is 6.79. The molecule has 0 unspecified atom stereocenters. The minimum Gasteiger partial charge on any atom is -0.504 e. The molecule has 4 N–H and O–H groups in total. The van der Waals surface area contributed by atoms with Gasteiger partial charge in [-0.2, -0.15) is 0 Å². The molecule has 0 saturated heterocycles. The normalized spacial score (nSPS) is 9.94. The smallest absolute Gasteiger partial charge is 0.160 e. The van der Waals surface area contributed by atoms with Crippen molar-refractivity contribution in [2.75, 3.05) is 18.2 Å². The second kappa shape index (κ2) is 4.61. The molecule has 0 saturated carbocycles. The van der Waals surface area contributed by atoms with Crippen LogP contribution in [0.3, 0.4) is 0 Å². The van der Waals surface area contributed by atoms with Crippen LogP contribution in [0.15, 0.2) is 36.7 Å². The molecule has 0 aliphatic carbocycles. The zero-order chi connectivity index (χ0) is 12.3. The third kappa shape index (κ3) is 2.39. The molecule has 0 fully saturated rings. The lowest BCUT2D eigenvalue weighted by Gasteiger charge is -2.10. The predicted molar refractivity (Wildman–Crippen MR) is 66.6 cm³/mol. The van der Waals surface area contributed by atoms with Crippen molar-refractivity contribution in [2.24, 2.45) is 0 Å². The minimum atomic E-state index is 0.0742. The number of rotatable bonds is 3. The number of phenols is 1. The lowest BCUT2D eigenvalue weighted by atomic mass is 10.2. The number of anilines is 3. The number of nitrogen functional groups attached to an aromatic ring is 1. The summed E-state index contributed by atoms with van der Waals surface area (Å²) in [6.07, 6.45) is 3.20. The first-order valence-electron chi connectivity index (χ1n) is 5.04. The van der Waals surface area contributed by atoms with Crippen molar-refractivity contribution in [3.63, 3.8) is 0 Å². The Labute approximate surface area is 98.9 Å². The zero-order valence-corrected chi connectivity index (χ0v) is 9.34. The number of aromatic nitrogens is 1. The number of hydrogen-bond acceptors (Lipinski definition) is 5. The molecule has 0 aliphatic rings. The summed E-state index contributed by atoms with van der Waals surface area (Å²) in [5.41, 5.74) is 7.76. The highest BCUT2D eigenvalue weighted by atomic mass is 16.5. The van der Waals surface area contributed by atoms with Crippen molar-refractivity contribution in [3.8, 4) is 11.5 Å². The Morgan fingerprint density at radius 1 is 1.35 bits per heavy atom. The maximum atomic E-state index is 9.63. The van der Waals surface area contributed by atoms with E-state index < -0.39 is 0 Å². The molecule has 5 heteroatoms. The van der Waals surface area contributed by atoms with E-state index >= 15 is 0 Å². The highest BCUT2D eigenvalue weighted by molar-refractivity contribution is 5.72. The predicted octanol–water partition coefficient (Wildman–Crippen LogP) is 2.12. The monoisotopic (exact) mass is 231 g/mol. The number of benzene rings is 1. The number of methoxy groups -OCH3 is 1. The minimum absolute atomic E-state index is 0.0742. The van der Waals surface area contributed by atoms with Crippen LogP contribution in [0.5, 0.6) is 11.5 Å². The summed E-state index contributed by atoms with van der Waals surface area (Å²) in [6.45, 7) is 0. The Hall–Kier alpha value is -2.43. The Morgan fingerprint density at radius 3 is 2.82 bits per heavy atom. The summed E-state index contributed by atoms with van der Waals surface area (Å²) < 4.78 is 4.96. The molecule has 88 valence electrons. The van der Waals surface area contributed by atoms with E-state index in [-0.39, 0.29) is 5.75 Å². The van der Waals surface area contributed by atoms with Gasteiger partial charge >= 0.3 is 0 Å². The first-order valence-corrected chi connectivity index (χ1v) is 5.04. The molecule has 1 heterocycles. The third-order valence-electron chi connectivity index (χ3n) is 2.31. The molecule has 17 heavy (non-hydrogen) atoms. The first-order chi connectivity index (χ1) is 8.20. The molecule has 1 aromatic carbocycles. The van der Waals surface area contributed by atoms with E-state index in [1.807, 2.05) is 0 Å². The highest BCUT2D eigenvalue weighted by Gasteiger charge is 2.04. The Balaban J connectivity index is 2.25. The molecule has 1 aromatic heterocycles. The van der Waals surface area contributed by atoms with Crippen molar-refractivity contribution >= 4 is 17.1 Å². The fraction of sp³-hybridized carbons (Fsp3) is 0.0833. The van der Waals surface area contributed by atoms with Gasteiger partial charge in [-0.05, 0) is 18.2 Å². The van der Waals surface area contributed by atoms with Crippen LogP contribution in [0.4, 0.5) is 17.1 Å². The standard InChI is InChI=1S/C12H13N3O2/c1-17-12-3-2-8(6-11(12)16)15-10-4-5-14-7-9(10)13/h2-7,16H,13H2,1H3,(H,14,15). The van der Waals surface area contributed by atoms with Gasteiger partial charge in [0.05, 0.1) is 24.7 Å². The second-order valence-corrected chi connectivity index (χ2v) is 3.47. The molecular formula is C12H13N3O2. The Morgan fingerprint density at radius 2 is 2.18 bits per heavy atom. The van der Waals surface area contributed by atoms with E-state index in [2.05, 4.69) is 10.3 Å². The van der Waals surface area contributed by atoms with E-state index in [1.165, 1.54) is 7.11 Å². The van der Waals surface area contributed by atoms with Crippen LogP contribution in [-0.2, 0) is 0 Å². The van der Waals surface area contributed by atoms with E-state index in [0.717, 1.165) is 11.4 Å². The fourth-order valence-electron chi connectivity index (χ4n) is 1.44. The first kappa shape index (κ1) is 11.1. The maximum absolute atomic E-state index is 9.63. The highest BCUT2D eigenvalue weighted by Crippen LogP contribution is 2.30. The fourth-order valence-corrected chi connectivity index (χ4v) is 1.44. The summed E-state index contributed by atoms with van der Waals surface area (Å²) >= 11 is 0. The number of nitrogens with zero attached hydrogens (tertiary/aromatic N) is 1. The van der Waals surface area contributed by atoms with Crippen molar-refractivity contribution in [3.05, 3.63) is 36.7 Å². The van der Waals surface area contributed by atoms with Crippen molar-refractivity contribution in [1.82, 2.24) is 4.98 Å². The lowest BCUT2D eigenvalue weighted by Crippen LogP contribution is -1.96. The van der Waals surface area contributed by atoms with Gasteiger partial charge in [0, 0.05) is 18.0 Å². The van der Waals surface area contributed by atoms with Gasteiger partial charge in [-0.25, -0.2) is 0 Å². The molecule has 5 nitrogen and oxygen atoms in total. The number of phenolic OH excluding ortho intramolecular Hbond substituents is 1. The number of ether oxygens (including phenoxy) is 1. The van der Waals surface area contributed by atoms with Crippen LogP contribution < -0.4 is 15.8 Å². The molecule has 0 atom stereocenters. The van der Waals surface area contributed by atoms with Crippen LogP contribution in [0, 0.1) is 0 Å². The second-order valence-electron chi connectivity index (χ2n) is 3.47. The van der Waals surface area contributed by atoms with Gasteiger partial charge in [0.2, 0.25) is 0 Å². The quantitative estimate of drug-likeness (QED) is 0.754. The van der Waals surface area contributed by atoms with Gasteiger partial charge in [0.15, 0.2) is 11.5 Å². The van der Waals surface area contributed by atoms with Crippen LogP contribution in [0.2, 0.25) is 0 Å². The number of nitrogens with one attached hydrogen (secondary N) is 1. The Bertz CT molecular complexity index is 529. The number of pyridine rings is 1. The van der Waals surface area contributed by atoms with Crippen LogP contribution in [0.25, 0.3) is 0 Å². The summed E-state index contributed by atoms with van der Waals surface area (Å²) in [5.74, 6) is 0.503. The average Bonchev–Trinajstić information content (AvgIpc) is 2.32. The summed E-state index contributed by atoms with van der Waals surface area (Å²) in [5, 5.41) is 12.7. The lowest BCUT2D eigenvalue weighted by molar-refractivity contribution is 0.373. The molecular weight excluding hydrogens is 218 g/mol. The molecule has 0 bridgehead atoms. The largest absolute Gasteiger partial charge is 0.504 e. The van der Waals surface area contributed by atoms with Gasteiger partial charge in [-0.15, -0.1) is 0 Å². The Kier molecular flexibility index (Phi) is 3.00. The van der Waals surface area contributed by atoms with Crippen LogP contribution in [-0.4, -0.2) is 17.2 Å². The molecule has 2 rings (SSSR count). The van der Waals surface area contributed by atoms with Gasteiger partial charge in [0.25, 0.3) is 0 Å². The average molecular weight is 231 g/mol. The number of nitrogens with two attached hydrogens (primary N) is 1. The van der Waals surface area contributed by atoms with E-state index in [9.17, 15) is 5.11 Å². The van der Waals surface area contributed by atoms with Gasteiger partial charge in [-0.3, -0.25) is 4.98 Å². The molecule has 0 amide bonds. The zero-order valence-electron chi connectivity index (χ0n) is 9.34. The van der Waals surface area contributed by atoms with Crippen LogP contribution in [0.1, 0.15) is 0 Å². The van der Waals surface area contributed by atoms with Crippen molar-refractivity contribution in [2.45, 2.75) is 0 Å². The molecule has 0 radical (unpaired) electrons. The maximum Gasteiger partial charge on any atom is 0.160 e. The number of aromatic hydroxyl groups is 1. The van der Waals surface area contributed by atoms with Gasteiger partial charge < -0.3 is 20.9 Å². The van der Waals surface area contributed by atoms with E-state index in [0.29, 0.717) is 11.4 Å². The van der Waals surface area contributed by atoms with Gasteiger partial charge in [-0.1, -0.05) is 0 Å². The van der Waals surface area contributed by atoms with E-state index in [4.69, 9.17) is 10.5 Å². The summed E-state index contributed by atoms with van der Waals surface area (Å²) in [4.78, 5) is 3.90. The van der Waals surface area contributed by atoms with Crippen molar-refractivity contribution < 1.29 is 9.84 Å². The molecule has 2 aromatic rings. The van der Waals surface area contributed by atoms with Gasteiger partial charge in [0.1, 0.15) is 0 Å². The third-order valence-corrected chi connectivity index (χ3v) is 2.31. The van der Waals surface area contributed by atoms with E-state index in [1.54, 1.807) is 36.7 Å². The topological polar surface area (TPSA) is 80.4 Å². The number of hydrogen-bond donors (Lipinski definition) is 3. The molecule has 0 aliphatic heterocycles. The molecule has 0 spiro atoms. The van der Waals surface area contributed by atoms with Crippen LogP contribution >= 0.6 is 0 Å². The van der Waals surface area contributed by atoms with Crippen molar-refractivity contribution in [1.29, 1.82) is 0 Å². The summed E-state index contributed by atoms with van der Waals surface area (Å²) in [7, 11) is 1.50.